The molecule has 34 heavy (non-hydrogen) atoms. The minimum Gasteiger partial charge on any atom is -0.493 e. The van der Waals surface area contributed by atoms with Gasteiger partial charge in [0.2, 0.25) is 5.75 Å². The van der Waals surface area contributed by atoms with Gasteiger partial charge < -0.3 is 24.2 Å². The largest absolute Gasteiger partial charge is 0.493 e. The van der Waals surface area contributed by atoms with Crippen molar-refractivity contribution in [1.29, 1.82) is 0 Å². The molecule has 1 atom stereocenters. The SMILES string of the molecule is COc1cc(C(=O)N(C)[C@@H](C=C(C)C(=O)O)Cc2ccc3ccccc3c2)cc(OC)c1OC. The highest BCUT2D eigenvalue weighted by Crippen LogP contribution is 2.38. The second-order valence-electron chi connectivity index (χ2n) is 7.94. The Kier molecular flexibility index (Phi) is 7.79. The number of ether oxygens (including phenoxy) is 3. The standard InChI is InChI=1S/C27H29NO6/c1-17(27(30)31)12-22(14-18-10-11-19-8-6-7-9-20(19)13-18)28(2)26(29)21-15-23(32-3)25(34-5)24(16-21)33-4/h6-13,15-16,22H,14H2,1-5H3,(H,30,31)/t22-/m0/s1. The molecule has 0 aromatic heterocycles. The number of benzene rings is 3. The van der Waals surface area contributed by atoms with E-state index in [1.807, 2.05) is 36.4 Å². The van der Waals surface area contributed by atoms with Crippen molar-refractivity contribution >= 4 is 22.6 Å². The number of carbonyl (C=O) groups is 2. The van der Waals surface area contributed by atoms with E-state index in [4.69, 9.17) is 14.2 Å². The van der Waals surface area contributed by atoms with Crippen molar-refractivity contribution in [3.63, 3.8) is 0 Å². The summed E-state index contributed by atoms with van der Waals surface area (Å²) in [5.41, 5.74) is 1.49. The zero-order chi connectivity index (χ0) is 24.8. The first kappa shape index (κ1) is 24.6. The molecule has 178 valence electrons. The number of carboxylic acid groups (broad SMARTS) is 1. The number of carboxylic acids is 1. The Morgan fingerprint density at radius 1 is 0.941 bits per heavy atom. The first-order valence-corrected chi connectivity index (χ1v) is 10.8. The van der Waals surface area contributed by atoms with Crippen molar-refractivity contribution in [1.82, 2.24) is 4.90 Å². The van der Waals surface area contributed by atoms with Crippen LogP contribution in [0.15, 0.2) is 66.2 Å². The van der Waals surface area contributed by atoms with E-state index in [1.54, 1.807) is 25.3 Å². The fraction of sp³-hybridized carbons (Fsp3) is 0.259. The van der Waals surface area contributed by atoms with Gasteiger partial charge in [0.25, 0.3) is 5.91 Å². The summed E-state index contributed by atoms with van der Waals surface area (Å²) in [6.07, 6.45) is 2.05. The molecule has 0 aliphatic heterocycles. The van der Waals surface area contributed by atoms with Crippen molar-refractivity contribution in [2.75, 3.05) is 28.4 Å². The Balaban J connectivity index is 1.99. The van der Waals surface area contributed by atoms with E-state index >= 15 is 0 Å². The summed E-state index contributed by atoms with van der Waals surface area (Å²) in [4.78, 5) is 26.5. The van der Waals surface area contributed by atoms with Crippen LogP contribution in [0, 0.1) is 0 Å². The number of hydrogen-bond donors (Lipinski definition) is 1. The maximum absolute atomic E-state index is 13.5. The molecule has 1 amide bonds. The predicted octanol–water partition coefficient (Wildman–Crippen LogP) is 4.58. The number of hydrogen-bond acceptors (Lipinski definition) is 5. The lowest BCUT2D eigenvalue weighted by molar-refractivity contribution is -0.132. The highest BCUT2D eigenvalue weighted by atomic mass is 16.5. The monoisotopic (exact) mass is 463 g/mol. The number of carbonyl (C=O) groups excluding carboxylic acids is 1. The molecule has 0 bridgehead atoms. The van der Waals surface area contributed by atoms with Crippen LogP contribution in [0.2, 0.25) is 0 Å². The van der Waals surface area contributed by atoms with E-state index in [1.165, 1.54) is 33.2 Å². The van der Waals surface area contributed by atoms with Gasteiger partial charge in [0.1, 0.15) is 0 Å². The van der Waals surface area contributed by atoms with Crippen LogP contribution in [-0.2, 0) is 11.2 Å². The zero-order valence-electron chi connectivity index (χ0n) is 20.0. The second kappa shape index (κ2) is 10.7. The fourth-order valence-electron chi connectivity index (χ4n) is 3.83. The normalized spacial score (nSPS) is 12.2. The molecule has 0 spiro atoms. The van der Waals surface area contributed by atoms with Crippen molar-refractivity contribution < 1.29 is 28.9 Å². The molecule has 1 N–H and O–H groups in total. The lowest BCUT2D eigenvalue weighted by atomic mass is 9.99. The van der Waals surface area contributed by atoms with Crippen molar-refractivity contribution in [3.05, 3.63) is 77.4 Å². The highest BCUT2D eigenvalue weighted by molar-refractivity contribution is 5.96. The summed E-state index contributed by atoms with van der Waals surface area (Å²) >= 11 is 0. The van der Waals surface area contributed by atoms with Crippen LogP contribution in [-0.4, -0.2) is 56.3 Å². The van der Waals surface area contributed by atoms with Crippen LogP contribution in [0.1, 0.15) is 22.8 Å². The Morgan fingerprint density at radius 3 is 2.12 bits per heavy atom. The van der Waals surface area contributed by atoms with Crippen molar-refractivity contribution in [2.45, 2.75) is 19.4 Å². The van der Waals surface area contributed by atoms with Crippen LogP contribution >= 0.6 is 0 Å². The van der Waals surface area contributed by atoms with E-state index < -0.39 is 12.0 Å². The molecule has 3 rings (SSSR count). The van der Waals surface area contributed by atoms with Gasteiger partial charge in [0, 0.05) is 18.2 Å². The second-order valence-corrected chi connectivity index (χ2v) is 7.94. The predicted molar refractivity (Wildman–Crippen MR) is 131 cm³/mol. The third-order valence-electron chi connectivity index (χ3n) is 5.77. The van der Waals surface area contributed by atoms with Gasteiger partial charge in [-0.2, -0.15) is 0 Å². The summed E-state index contributed by atoms with van der Waals surface area (Å²) in [6, 6.07) is 16.8. The Hall–Kier alpha value is -4.00. The number of rotatable bonds is 9. The smallest absolute Gasteiger partial charge is 0.331 e. The minimum atomic E-state index is -1.03. The topological polar surface area (TPSA) is 85.3 Å². The van der Waals surface area contributed by atoms with Gasteiger partial charge in [-0.15, -0.1) is 0 Å². The maximum Gasteiger partial charge on any atom is 0.331 e. The van der Waals surface area contributed by atoms with E-state index in [-0.39, 0.29) is 11.5 Å². The average molecular weight is 464 g/mol. The lowest BCUT2D eigenvalue weighted by Gasteiger charge is -2.27. The quantitative estimate of drug-likeness (QED) is 0.468. The van der Waals surface area contributed by atoms with Gasteiger partial charge in [-0.25, -0.2) is 4.79 Å². The Labute approximate surface area is 199 Å². The van der Waals surface area contributed by atoms with Gasteiger partial charge in [-0.3, -0.25) is 4.79 Å². The third-order valence-corrected chi connectivity index (χ3v) is 5.77. The van der Waals surface area contributed by atoms with Gasteiger partial charge >= 0.3 is 5.97 Å². The Morgan fingerprint density at radius 2 is 1.56 bits per heavy atom. The molecular weight excluding hydrogens is 434 g/mol. The number of methoxy groups -OCH3 is 3. The summed E-state index contributed by atoms with van der Waals surface area (Å²) in [5.74, 6) is -0.223. The minimum absolute atomic E-state index is 0.162. The molecular formula is C27H29NO6. The number of aliphatic carboxylic acids is 1. The molecule has 7 heteroatoms. The third kappa shape index (κ3) is 5.31. The fourth-order valence-corrected chi connectivity index (χ4v) is 3.83. The van der Waals surface area contributed by atoms with Gasteiger partial charge in [-0.05, 0) is 41.8 Å². The van der Waals surface area contributed by atoms with Crippen LogP contribution in [0.4, 0.5) is 0 Å². The average Bonchev–Trinajstić information content (AvgIpc) is 2.86. The molecule has 0 heterocycles. The lowest BCUT2D eigenvalue weighted by Crippen LogP contribution is -2.37. The van der Waals surface area contributed by atoms with Crippen LogP contribution in [0.25, 0.3) is 10.8 Å². The molecule has 0 radical (unpaired) electrons. The zero-order valence-corrected chi connectivity index (χ0v) is 20.0. The van der Waals surface area contributed by atoms with Crippen molar-refractivity contribution in [2.24, 2.45) is 0 Å². The number of amides is 1. The number of likely N-dealkylation sites (N-methyl/N-ethyl adjacent to an activating group) is 1. The first-order chi connectivity index (χ1) is 16.3. The van der Waals surface area contributed by atoms with E-state index in [0.717, 1.165) is 16.3 Å². The molecule has 0 unspecified atom stereocenters. The molecule has 3 aromatic carbocycles. The molecule has 0 aliphatic rings. The molecule has 0 aliphatic carbocycles. The van der Waals surface area contributed by atoms with Crippen molar-refractivity contribution in [3.8, 4) is 17.2 Å². The van der Waals surface area contributed by atoms with Gasteiger partial charge in [-0.1, -0.05) is 48.5 Å². The summed E-state index contributed by atoms with van der Waals surface area (Å²) < 4.78 is 16.1. The molecule has 0 fully saturated rings. The van der Waals surface area contributed by atoms with E-state index in [2.05, 4.69) is 6.07 Å². The van der Waals surface area contributed by atoms with E-state index in [9.17, 15) is 14.7 Å². The van der Waals surface area contributed by atoms with Gasteiger partial charge in [0.15, 0.2) is 11.5 Å². The summed E-state index contributed by atoms with van der Waals surface area (Å²) in [6.45, 7) is 1.52. The van der Waals surface area contributed by atoms with Crippen LogP contribution in [0.5, 0.6) is 17.2 Å². The van der Waals surface area contributed by atoms with E-state index in [0.29, 0.717) is 29.2 Å². The molecule has 3 aromatic rings. The highest BCUT2D eigenvalue weighted by Gasteiger charge is 2.24. The maximum atomic E-state index is 13.5. The molecule has 0 saturated heterocycles. The molecule has 7 nitrogen and oxygen atoms in total. The van der Waals surface area contributed by atoms with Crippen LogP contribution < -0.4 is 14.2 Å². The van der Waals surface area contributed by atoms with Crippen LogP contribution in [0.3, 0.4) is 0 Å². The number of fused-ring (bicyclic) bond motifs is 1. The molecule has 0 saturated carbocycles. The first-order valence-electron chi connectivity index (χ1n) is 10.8. The number of nitrogens with zero attached hydrogens (tertiary/aromatic N) is 1. The summed E-state index contributed by atoms with van der Waals surface area (Å²) in [5, 5.41) is 11.6. The van der Waals surface area contributed by atoms with Gasteiger partial charge in [0.05, 0.1) is 27.4 Å². The Bertz CT molecular complexity index is 1210. The summed E-state index contributed by atoms with van der Waals surface area (Å²) in [7, 11) is 6.11.